The third kappa shape index (κ3) is 6.30. The van der Waals surface area contributed by atoms with Gasteiger partial charge >= 0.3 is 12.8 Å². The molecule has 186 valence electrons. The summed E-state index contributed by atoms with van der Waals surface area (Å²) in [4.78, 5) is 13.0. The molecule has 0 radical (unpaired) electrons. The molecule has 7 nitrogen and oxygen atoms in total. The van der Waals surface area contributed by atoms with Gasteiger partial charge in [0.1, 0.15) is 17.3 Å². The first-order chi connectivity index (χ1) is 16.0. The summed E-state index contributed by atoms with van der Waals surface area (Å²) in [6, 6.07) is 1.54. The number of carbonyl (C=O) groups excluding carboxylic acids is 1. The van der Waals surface area contributed by atoms with Gasteiger partial charge < -0.3 is 9.64 Å². The van der Waals surface area contributed by atoms with E-state index in [2.05, 4.69) is 20.4 Å². The summed E-state index contributed by atoms with van der Waals surface area (Å²) in [5.41, 5.74) is 4.03. The predicted molar refractivity (Wildman–Crippen MR) is 107 cm³/mol. The van der Waals surface area contributed by atoms with Crippen LogP contribution in [0.15, 0.2) is 18.3 Å². The molecular formula is C19H17ClF7N5O2. The van der Waals surface area contributed by atoms with Gasteiger partial charge in [0.2, 0.25) is 5.91 Å². The quantitative estimate of drug-likeness (QED) is 0.408. The third-order valence-corrected chi connectivity index (χ3v) is 5.37. The number of amides is 1. The second-order valence-corrected chi connectivity index (χ2v) is 7.65. The highest BCUT2D eigenvalue weighted by Gasteiger charge is 2.32. The van der Waals surface area contributed by atoms with Gasteiger partial charge in [0.05, 0.1) is 11.9 Å². The van der Waals surface area contributed by atoms with Crippen LogP contribution in [-0.2, 0) is 4.79 Å². The van der Waals surface area contributed by atoms with Crippen LogP contribution in [0.5, 0.6) is 5.75 Å². The Kier molecular flexibility index (Phi) is 7.89. The number of nitrogens with one attached hydrogen (secondary N) is 2. The van der Waals surface area contributed by atoms with Crippen molar-refractivity contribution in [2.24, 2.45) is 0 Å². The van der Waals surface area contributed by atoms with E-state index in [4.69, 9.17) is 11.6 Å². The van der Waals surface area contributed by atoms with Crippen molar-refractivity contribution in [2.75, 3.05) is 23.4 Å². The number of piperidine rings is 1. The number of nitrogens with zero attached hydrogens (tertiary/aromatic N) is 3. The molecule has 0 unspecified atom stereocenters. The zero-order valence-corrected chi connectivity index (χ0v) is 17.9. The van der Waals surface area contributed by atoms with Gasteiger partial charge in [-0.2, -0.15) is 27.1 Å². The van der Waals surface area contributed by atoms with Gasteiger partial charge in [-0.3, -0.25) is 15.6 Å². The number of rotatable bonds is 7. The van der Waals surface area contributed by atoms with Crippen molar-refractivity contribution in [3.8, 4) is 5.75 Å². The minimum Gasteiger partial charge on any atom is -0.431 e. The fourth-order valence-corrected chi connectivity index (χ4v) is 3.82. The number of halogens is 8. The summed E-state index contributed by atoms with van der Waals surface area (Å²) in [5, 5.41) is 7.27. The molecule has 0 aliphatic carbocycles. The number of anilines is 2. The molecule has 1 amide bonds. The lowest BCUT2D eigenvalue weighted by Gasteiger charge is -2.34. The van der Waals surface area contributed by atoms with Crippen molar-refractivity contribution in [3.63, 3.8) is 0 Å². The maximum Gasteiger partial charge on any atom is 0.397 e. The molecule has 1 aromatic carbocycles. The molecule has 0 atom stereocenters. The van der Waals surface area contributed by atoms with E-state index in [1.54, 1.807) is 4.90 Å². The van der Waals surface area contributed by atoms with Crippen molar-refractivity contribution >= 4 is 29.0 Å². The summed E-state index contributed by atoms with van der Waals surface area (Å²) in [6.07, 6.45) is -4.71. The fourth-order valence-electron chi connectivity index (χ4n) is 3.57. The van der Waals surface area contributed by atoms with Gasteiger partial charge in [0, 0.05) is 18.7 Å². The van der Waals surface area contributed by atoms with E-state index in [-0.39, 0.29) is 42.3 Å². The molecule has 0 spiro atoms. The minimum atomic E-state index is -4.70. The van der Waals surface area contributed by atoms with Crippen molar-refractivity contribution in [2.45, 2.75) is 38.0 Å². The van der Waals surface area contributed by atoms with Gasteiger partial charge in [-0.25, -0.2) is 8.78 Å². The highest BCUT2D eigenvalue weighted by Crippen LogP contribution is 2.40. The van der Waals surface area contributed by atoms with Crippen LogP contribution in [0.1, 0.15) is 30.7 Å². The first kappa shape index (κ1) is 25.6. The highest BCUT2D eigenvalue weighted by molar-refractivity contribution is 6.35. The van der Waals surface area contributed by atoms with Gasteiger partial charge in [0.25, 0.3) is 0 Å². The van der Waals surface area contributed by atoms with E-state index in [0.717, 1.165) is 6.07 Å². The predicted octanol–water partition coefficient (Wildman–Crippen LogP) is 4.79. The summed E-state index contributed by atoms with van der Waals surface area (Å²) < 4.78 is 94.9. The number of hydrogen-bond donors (Lipinski definition) is 2. The number of hydrazine groups is 1. The first-order valence-electron chi connectivity index (χ1n) is 9.76. The van der Waals surface area contributed by atoms with Crippen molar-refractivity contribution in [3.05, 3.63) is 40.6 Å². The Hall–Kier alpha value is -3.03. The lowest BCUT2D eigenvalue weighted by atomic mass is 9.88. The van der Waals surface area contributed by atoms with E-state index in [9.17, 15) is 35.5 Å². The smallest absolute Gasteiger partial charge is 0.397 e. The molecule has 34 heavy (non-hydrogen) atoms. The Morgan fingerprint density at radius 2 is 1.85 bits per heavy atom. The maximum atomic E-state index is 14.4. The topological polar surface area (TPSA) is 79.4 Å². The zero-order chi connectivity index (χ0) is 25.0. The number of carbonyl (C=O) groups is 1. The molecular weight excluding hydrogens is 499 g/mol. The lowest BCUT2D eigenvalue weighted by Crippen LogP contribution is -2.35. The molecule has 1 aromatic heterocycles. The number of benzene rings is 1. The Morgan fingerprint density at radius 1 is 1.21 bits per heavy atom. The average molecular weight is 516 g/mol. The maximum absolute atomic E-state index is 14.4. The van der Waals surface area contributed by atoms with Crippen LogP contribution < -0.4 is 20.5 Å². The van der Waals surface area contributed by atoms with Crippen LogP contribution in [0, 0.1) is 11.6 Å². The van der Waals surface area contributed by atoms with Crippen LogP contribution in [0.4, 0.5) is 42.2 Å². The molecule has 1 aliphatic heterocycles. The Bertz CT molecular complexity index is 1030. The van der Waals surface area contributed by atoms with Gasteiger partial charge in [-0.1, -0.05) is 11.6 Å². The summed E-state index contributed by atoms with van der Waals surface area (Å²) in [5.74, 6) is -5.02. The van der Waals surface area contributed by atoms with Crippen LogP contribution in [0.3, 0.4) is 0 Å². The molecule has 1 fully saturated rings. The molecule has 2 aromatic rings. The lowest BCUT2D eigenvalue weighted by molar-refractivity contribution is -0.153. The van der Waals surface area contributed by atoms with Gasteiger partial charge in [0.15, 0.2) is 17.4 Å². The molecule has 15 heteroatoms. The summed E-state index contributed by atoms with van der Waals surface area (Å²) in [6.45, 7) is -2.89. The molecule has 3 rings (SSSR count). The monoisotopic (exact) mass is 515 g/mol. The fraction of sp³-hybridized carbons (Fsp3) is 0.421. The normalized spacial score (nSPS) is 14.9. The van der Waals surface area contributed by atoms with Crippen LogP contribution in [0.2, 0.25) is 5.02 Å². The molecule has 2 N–H and O–H groups in total. The van der Waals surface area contributed by atoms with Crippen LogP contribution in [0.25, 0.3) is 0 Å². The number of hydrogen-bond acceptors (Lipinski definition) is 6. The van der Waals surface area contributed by atoms with Crippen LogP contribution in [-0.4, -0.2) is 42.0 Å². The van der Waals surface area contributed by atoms with E-state index in [0.29, 0.717) is 11.8 Å². The van der Waals surface area contributed by atoms with E-state index in [1.165, 1.54) is 6.20 Å². The third-order valence-electron chi connectivity index (χ3n) is 5.00. The molecule has 0 saturated carbocycles. The van der Waals surface area contributed by atoms with E-state index < -0.39 is 48.4 Å². The van der Waals surface area contributed by atoms with E-state index in [1.807, 2.05) is 5.43 Å². The van der Waals surface area contributed by atoms with Gasteiger partial charge in [-0.15, -0.1) is 5.10 Å². The Labute approximate surface area is 193 Å². The first-order valence-corrected chi connectivity index (χ1v) is 10.1. The van der Waals surface area contributed by atoms with Crippen molar-refractivity contribution in [1.82, 2.24) is 15.6 Å². The Balaban J connectivity index is 1.70. The minimum absolute atomic E-state index is 0.0561. The molecule has 1 saturated heterocycles. The Morgan fingerprint density at radius 3 is 2.47 bits per heavy atom. The zero-order valence-electron chi connectivity index (χ0n) is 17.1. The van der Waals surface area contributed by atoms with Crippen molar-refractivity contribution < 1.29 is 40.3 Å². The number of alkyl halides is 5. The molecule has 2 heterocycles. The van der Waals surface area contributed by atoms with Crippen molar-refractivity contribution in [1.29, 1.82) is 0 Å². The molecule has 0 bridgehead atoms. The highest BCUT2D eigenvalue weighted by atomic mass is 35.5. The molecule has 1 aliphatic rings. The number of aromatic nitrogens is 2. The second kappa shape index (κ2) is 10.5. The largest absolute Gasteiger partial charge is 0.431 e. The SMILES string of the molecule is O=C(CC(F)(F)F)NNc1nncc(N2CCC(c3c(F)ccc(F)c3OC(F)F)CC2)c1Cl. The van der Waals surface area contributed by atoms with Crippen LogP contribution >= 0.6 is 11.6 Å². The number of ether oxygens (including phenoxy) is 1. The second-order valence-electron chi connectivity index (χ2n) is 7.27. The summed E-state index contributed by atoms with van der Waals surface area (Å²) >= 11 is 6.25. The average Bonchev–Trinajstić information content (AvgIpc) is 2.74. The van der Waals surface area contributed by atoms with E-state index >= 15 is 0 Å². The standard InChI is InChI=1S/C19H17ClF7N5O2/c20-15-12(8-28-30-17(15)31-29-13(33)7-19(25,26)27)32-5-3-9(4-6-32)14-10(21)1-2-11(22)16(14)34-18(23)24/h1-2,8-9,18H,3-7H2,(H,29,33)(H,30,31). The summed E-state index contributed by atoms with van der Waals surface area (Å²) in [7, 11) is 0. The van der Waals surface area contributed by atoms with Gasteiger partial charge in [-0.05, 0) is 30.9 Å².